The average Bonchev–Trinajstić information content (AvgIpc) is 2.86. The molecular weight excluding hydrogens is 339 g/mol. The first-order valence-corrected chi connectivity index (χ1v) is 7.60. The first kappa shape index (κ1) is 12.4. The molecule has 2 saturated heterocycles. The quantitative estimate of drug-likeness (QED) is 0.782. The third-order valence-corrected chi connectivity index (χ3v) is 4.75. The molecule has 2 heterocycles. The van der Waals surface area contributed by atoms with Gasteiger partial charge in [-0.05, 0) is 72.2 Å². The second-order valence-electron chi connectivity index (χ2n) is 5.16. The van der Waals surface area contributed by atoms with Crippen LogP contribution in [0.25, 0.3) is 0 Å². The number of piperidine rings is 1. The summed E-state index contributed by atoms with van der Waals surface area (Å²) in [6, 6.07) is 8.51. The first-order chi connectivity index (χ1) is 8.74. The zero-order valence-electron chi connectivity index (χ0n) is 10.2. The Morgan fingerprint density at radius 3 is 2.83 bits per heavy atom. The predicted octanol–water partition coefficient (Wildman–Crippen LogP) is 2.12. The molecule has 0 radical (unpaired) electrons. The number of carbonyl (C=O) groups excluding carboxylic acids is 1. The van der Waals surface area contributed by atoms with E-state index in [4.69, 9.17) is 0 Å². The zero-order valence-corrected chi connectivity index (χ0v) is 12.4. The number of halogens is 1. The molecule has 1 amide bonds. The van der Waals surface area contributed by atoms with E-state index in [2.05, 4.69) is 27.9 Å². The van der Waals surface area contributed by atoms with E-state index in [1.165, 1.54) is 9.99 Å². The van der Waals surface area contributed by atoms with Gasteiger partial charge in [-0.15, -0.1) is 0 Å². The van der Waals surface area contributed by atoms with E-state index in [0.29, 0.717) is 12.0 Å². The maximum atomic E-state index is 12.4. The van der Waals surface area contributed by atoms with Crippen molar-refractivity contribution in [1.82, 2.24) is 10.2 Å². The van der Waals surface area contributed by atoms with Gasteiger partial charge in [0.05, 0.1) is 0 Å². The van der Waals surface area contributed by atoms with Gasteiger partial charge in [-0.3, -0.25) is 4.79 Å². The molecule has 2 aliphatic rings. The highest BCUT2D eigenvalue weighted by Crippen LogP contribution is 2.25. The number of likely N-dealkylation sites (tertiary alicyclic amines) is 1. The van der Waals surface area contributed by atoms with E-state index < -0.39 is 0 Å². The van der Waals surface area contributed by atoms with Gasteiger partial charge in [-0.1, -0.05) is 0 Å². The summed E-state index contributed by atoms with van der Waals surface area (Å²) >= 11 is 2.26. The number of nitrogens with one attached hydrogen (secondary N) is 1. The Kier molecular flexibility index (Phi) is 3.56. The SMILES string of the molecule is O=C(c1ccc(I)cc1)N1CCC2NCCC2C1. The van der Waals surface area contributed by atoms with Crippen LogP contribution in [0.1, 0.15) is 23.2 Å². The minimum Gasteiger partial charge on any atom is -0.338 e. The summed E-state index contributed by atoms with van der Waals surface area (Å²) in [6.07, 6.45) is 2.31. The molecule has 0 bridgehead atoms. The number of nitrogens with zero attached hydrogens (tertiary/aromatic N) is 1. The van der Waals surface area contributed by atoms with Crippen LogP contribution < -0.4 is 5.32 Å². The van der Waals surface area contributed by atoms with E-state index in [0.717, 1.165) is 31.6 Å². The number of hydrogen-bond acceptors (Lipinski definition) is 2. The molecule has 0 aliphatic carbocycles. The van der Waals surface area contributed by atoms with Gasteiger partial charge in [0.1, 0.15) is 0 Å². The minimum atomic E-state index is 0.191. The second-order valence-corrected chi connectivity index (χ2v) is 6.40. The summed E-state index contributed by atoms with van der Waals surface area (Å²) in [5.41, 5.74) is 0.819. The molecule has 18 heavy (non-hydrogen) atoms. The third-order valence-electron chi connectivity index (χ3n) is 4.03. The third kappa shape index (κ3) is 2.40. The lowest BCUT2D eigenvalue weighted by Crippen LogP contribution is -2.46. The van der Waals surface area contributed by atoms with Crippen LogP contribution in [-0.4, -0.2) is 36.5 Å². The van der Waals surface area contributed by atoms with E-state index in [1.54, 1.807) is 0 Å². The average molecular weight is 356 g/mol. The van der Waals surface area contributed by atoms with Crippen molar-refractivity contribution < 1.29 is 4.79 Å². The summed E-state index contributed by atoms with van der Waals surface area (Å²) in [6.45, 7) is 2.92. The van der Waals surface area contributed by atoms with Crippen molar-refractivity contribution in [2.24, 2.45) is 5.92 Å². The molecule has 2 unspecified atom stereocenters. The van der Waals surface area contributed by atoms with Crippen molar-refractivity contribution in [1.29, 1.82) is 0 Å². The van der Waals surface area contributed by atoms with Gasteiger partial charge in [-0.2, -0.15) is 0 Å². The van der Waals surface area contributed by atoms with E-state index in [-0.39, 0.29) is 5.91 Å². The lowest BCUT2D eigenvalue weighted by Gasteiger charge is -2.34. The molecule has 0 spiro atoms. The number of benzene rings is 1. The summed E-state index contributed by atoms with van der Waals surface area (Å²) in [5.74, 6) is 0.850. The summed E-state index contributed by atoms with van der Waals surface area (Å²) in [4.78, 5) is 14.4. The zero-order chi connectivity index (χ0) is 12.5. The lowest BCUT2D eigenvalue weighted by molar-refractivity contribution is 0.0662. The molecule has 4 heteroatoms. The van der Waals surface area contributed by atoms with Crippen molar-refractivity contribution >= 4 is 28.5 Å². The predicted molar refractivity (Wildman–Crippen MR) is 79.6 cm³/mol. The molecular formula is C14H17IN2O. The number of carbonyl (C=O) groups is 1. The van der Waals surface area contributed by atoms with Crippen LogP contribution in [0.4, 0.5) is 0 Å². The highest BCUT2D eigenvalue weighted by molar-refractivity contribution is 14.1. The maximum Gasteiger partial charge on any atom is 0.253 e. The van der Waals surface area contributed by atoms with Crippen LogP contribution in [0.15, 0.2) is 24.3 Å². The molecule has 1 aromatic rings. The lowest BCUT2D eigenvalue weighted by atomic mass is 9.93. The molecule has 1 aromatic carbocycles. The van der Waals surface area contributed by atoms with Crippen LogP contribution in [0.2, 0.25) is 0 Å². The maximum absolute atomic E-state index is 12.4. The Balaban J connectivity index is 1.71. The Morgan fingerprint density at radius 2 is 2.06 bits per heavy atom. The molecule has 2 aliphatic heterocycles. The molecule has 2 fully saturated rings. The van der Waals surface area contributed by atoms with Crippen LogP contribution >= 0.6 is 22.6 Å². The van der Waals surface area contributed by atoms with Gasteiger partial charge >= 0.3 is 0 Å². The van der Waals surface area contributed by atoms with Gasteiger partial charge in [-0.25, -0.2) is 0 Å². The summed E-state index contributed by atoms with van der Waals surface area (Å²) < 4.78 is 1.17. The fraction of sp³-hybridized carbons (Fsp3) is 0.500. The Hall–Kier alpha value is -0.620. The number of rotatable bonds is 1. The monoisotopic (exact) mass is 356 g/mol. The van der Waals surface area contributed by atoms with Gasteiger partial charge in [0.15, 0.2) is 0 Å². The van der Waals surface area contributed by atoms with Crippen molar-refractivity contribution in [2.45, 2.75) is 18.9 Å². The largest absolute Gasteiger partial charge is 0.338 e. The standard InChI is InChI=1S/C14H17IN2O/c15-12-3-1-10(2-4-12)14(18)17-8-6-13-11(9-17)5-7-16-13/h1-4,11,13,16H,5-9H2. The number of hydrogen-bond donors (Lipinski definition) is 1. The fourth-order valence-corrected chi connectivity index (χ4v) is 3.37. The Bertz CT molecular complexity index is 446. The second kappa shape index (κ2) is 5.17. The van der Waals surface area contributed by atoms with Gasteiger partial charge in [0, 0.05) is 28.3 Å². The minimum absolute atomic E-state index is 0.191. The van der Waals surface area contributed by atoms with Crippen molar-refractivity contribution in [3.05, 3.63) is 33.4 Å². The van der Waals surface area contributed by atoms with Crippen LogP contribution in [0.5, 0.6) is 0 Å². The van der Waals surface area contributed by atoms with Crippen molar-refractivity contribution in [3.8, 4) is 0 Å². The van der Waals surface area contributed by atoms with Crippen LogP contribution in [0, 0.1) is 9.49 Å². The highest BCUT2D eigenvalue weighted by Gasteiger charge is 2.34. The molecule has 96 valence electrons. The Labute approximate surface area is 121 Å². The van der Waals surface area contributed by atoms with Crippen molar-refractivity contribution in [2.75, 3.05) is 19.6 Å². The van der Waals surface area contributed by atoms with E-state index in [1.807, 2.05) is 29.2 Å². The van der Waals surface area contributed by atoms with Gasteiger partial charge in [0.2, 0.25) is 0 Å². The van der Waals surface area contributed by atoms with Gasteiger partial charge in [0.25, 0.3) is 5.91 Å². The van der Waals surface area contributed by atoms with Crippen molar-refractivity contribution in [3.63, 3.8) is 0 Å². The molecule has 1 N–H and O–H groups in total. The molecule has 3 nitrogen and oxygen atoms in total. The van der Waals surface area contributed by atoms with E-state index >= 15 is 0 Å². The van der Waals surface area contributed by atoms with E-state index in [9.17, 15) is 4.79 Å². The fourth-order valence-electron chi connectivity index (χ4n) is 3.01. The van der Waals surface area contributed by atoms with Crippen LogP contribution in [-0.2, 0) is 0 Å². The molecule has 3 rings (SSSR count). The number of amides is 1. The summed E-state index contributed by atoms with van der Waals surface area (Å²) in [5, 5.41) is 3.53. The number of fused-ring (bicyclic) bond motifs is 1. The molecule has 0 saturated carbocycles. The Morgan fingerprint density at radius 1 is 1.28 bits per heavy atom. The normalized spacial score (nSPS) is 27.1. The van der Waals surface area contributed by atoms with Crippen LogP contribution in [0.3, 0.4) is 0 Å². The molecule has 0 aromatic heterocycles. The van der Waals surface area contributed by atoms with Gasteiger partial charge < -0.3 is 10.2 Å². The topological polar surface area (TPSA) is 32.3 Å². The molecule has 2 atom stereocenters. The smallest absolute Gasteiger partial charge is 0.253 e. The highest BCUT2D eigenvalue weighted by atomic mass is 127. The first-order valence-electron chi connectivity index (χ1n) is 6.52. The summed E-state index contributed by atoms with van der Waals surface area (Å²) in [7, 11) is 0.